The molecule has 0 spiro atoms. The van der Waals surface area contributed by atoms with Crippen molar-refractivity contribution in [3.8, 4) is 0 Å². The molecule has 1 aromatic carbocycles. The largest absolute Gasteiger partial charge is 0.352 e. The predicted molar refractivity (Wildman–Crippen MR) is 107 cm³/mol. The van der Waals surface area contributed by atoms with Crippen LogP contribution in [0.1, 0.15) is 5.69 Å². The van der Waals surface area contributed by atoms with E-state index in [2.05, 4.69) is 32.0 Å². The Morgan fingerprint density at radius 2 is 1.85 bits per heavy atom. The average molecular weight is 385 g/mol. The van der Waals surface area contributed by atoms with Crippen molar-refractivity contribution in [2.24, 2.45) is 0 Å². The van der Waals surface area contributed by atoms with Gasteiger partial charge < -0.3 is 9.80 Å². The minimum absolute atomic E-state index is 0.624. The van der Waals surface area contributed by atoms with Crippen LogP contribution >= 0.6 is 22.9 Å². The van der Waals surface area contributed by atoms with Crippen LogP contribution in [0.25, 0.3) is 16.6 Å². The number of para-hydroxylation sites is 1. The highest BCUT2D eigenvalue weighted by Gasteiger charge is 2.23. The molecule has 3 aromatic heterocycles. The van der Waals surface area contributed by atoms with Gasteiger partial charge in [0.25, 0.3) is 0 Å². The molecule has 8 heteroatoms. The van der Waals surface area contributed by atoms with Gasteiger partial charge in [0.2, 0.25) is 0 Å². The molecule has 0 bridgehead atoms. The Hall–Kier alpha value is -2.38. The Morgan fingerprint density at radius 1 is 1.08 bits per heavy atom. The smallest absolute Gasteiger partial charge is 0.185 e. The molecule has 0 N–H and O–H groups in total. The Balaban J connectivity index is 1.57. The summed E-state index contributed by atoms with van der Waals surface area (Å²) < 4.78 is 1.85. The highest BCUT2D eigenvalue weighted by molar-refractivity contribution is 7.13. The van der Waals surface area contributed by atoms with Crippen LogP contribution in [0.4, 0.5) is 10.9 Å². The molecule has 4 aromatic rings. The van der Waals surface area contributed by atoms with Crippen LogP contribution in [0.2, 0.25) is 5.02 Å². The van der Waals surface area contributed by atoms with Crippen molar-refractivity contribution in [2.45, 2.75) is 6.92 Å². The minimum Gasteiger partial charge on any atom is -0.352 e. The van der Waals surface area contributed by atoms with E-state index in [1.165, 1.54) is 0 Å². The number of anilines is 2. The van der Waals surface area contributed by atoms with Gasteiger partial charge in [-0.15, -0.1) is 11.3 Å². The van der Waals surface area contributed by atoms with Crippen molar-refractivity contribution in [1.82, 2.24) is 19.6 Å². The summed E-state index contributed by atoms with van der Waals surface area (Å²) in [6, 6.07) is 8.25. The highest BCUT2D eigenvalue weighted by atomic mass is 35.5. The second-order valence-electron chi connectivity index (χ2n) is 6.38. The molecule has 0 saturated carbocycles. The van der Waals surface area contributed by atoms with Crippen LogP contribution in [-0.4, -0.2) is 45.8 Å². The molecule has 4 heterocycles. The lowest BCUT2D eigenvalue weighted by atomic mass is 10.2. The summed E-state index contributed by atoms with van der Waals surface area (Å²) in [5.74, 6) is 0.980. The minimum atomic E-state index is 0.624. The number of aryl methyl sites for hydroxylation is 1. The van der Waals surface area contributed by atoms with Crippen molar-refractivity contribution in [3.05, 3.63) is 46.6 Å². The van der Waals surface area contributed by atoms with Crippen molar-refractivity contribution in [3.63, 3.8) is 0 Å². The van der Waals surface area contributed by atoms with Gasteiger partial charge >= 0.3 is 0 Å². The molecule has 0 radical (unpaired) electrons. The first-order valence-corrected chi connectivity index (χ1v) is 9.81. The highest BCUT2D eigenvalue weighted by Crippen LogP contribution is 2.31. The first kappa shape index (κ1) is 15.8. The molecule has 0 amide bonds. The zero-order chi connectivity index (χ0) is 17.7. The molecular weight excluding hydrogens is 368 g/mol. The van der Waals surface area contributed by atoms with E-state index in [9.17, 15) is 0 Å². The number of benzene rings is 1. The van der Waals surface area contributed by atoms with Gasteiger partial charge in [0, 0.05) is 43.1 Å². The Bertz CT molecular complexity index is 1080. The lowest BCUT2D eigenvalue weighted by Gasteiger charge is -2.35. The number of hydrogen-bond acceptors (Lipinski definition) is 6. The van der Waals surface area contributed by atoms with Gasteiger partial charge in [0.1, 0.15) is 10.8 Å². The summed E-state index contributed by atoms with van der Waals surface area (Å²) in [4.78, 5) is 14.0. The number of nitrogens with zero attached hydrogens (tertiary/aromatic N) is 6. The molecule has 1 aliphatic rings. The van der Waals surface area contributed by atoms with Crippen molar-refractivity contribution in [2.75, 3.05) is 36.0 Å². The zero-order valence-corrected chi connectivity index (χ0v) is 15.8. The lowest BCUT2D eigenvalue weighted by molar-refractivity contribution is 0.648. The van der Waals surface area contributed by atoms with Crippen LogP contribution in [0, 0.1) is 6.92 Å². The van der Waals surface area contributed by atoms with Crippen molar-refractivity contribution < 1.29 is 0 Å². The van der Waals surface area contributed by atoms with Crippen LogP contribution in [0.15, 0.2) is 35.8 Å². The van der Waals surface area contributed by atoms with E-state index in [4.69, 9.17) is 16.6 Å². The third-order valence-corrected chi connectivity index (χ3v) is 6.09. The zero-order valence-electron chi connectivity index (χ0n) is 14.3. The summed E-state index contributed by atoms with van der Waals surface area (Å²) in [5, 5.41) is 9.40. The van der Waals surface area contributed by atoms with E-state index in [0.29, 0.717) is 5.02 Å². The number of rotatable bonds is 2. The number of halogens is 1. The van der Waals surface area contributed by atoms with Gasteiger partial charge in [-0.05, 0) is 19.1 Å². The van der Waals surface area contributed by atoms with Crippen molar-refractivity contribution >= 4 is 50.4 Å². The van der Waals surface area contributed by atoms with Gasteiger partial charge in [-0.1, -0.05) is 23.7 Å². The van der Waals surface area contributed by atoms with Gasteiger partial charge in [-0.25, -0.2) is 14.5 Å². The fourth-order valence-electron chi connectivity index (χ4n) is 3.49. The normalized spacial score (nSPS) is 15.3. The third-order valence-electron chi connectivity index (χ3n) is 4.82. The first-order chi connectivity index (χ1) is 12.7. The monoisotopic (exact) mass is 384 g/mol. The number of piperazine rings is 1. The molecule has 5 rings (SSSR count). The number of thiazole rings is 1. The van der Waals surface area contributed by atoms with Gasteiger partial charge in [-0.3, -0.25) is 0 Å². The predicted octanol–water partition coefficient (Wildman–Crippen LogP) is 3.63. The quantitative estimate of drug-likeness (QED) is 0.528. The van der Waals surface area contributed by atoms with Gasteiger partial charge in [-0.2, -0.15) is 5.10 Å². The molecule has 6 nitrogen and oxygen atoms in total. The maximum atomic E-state index is 6.46. The maximum absolute atomic E-state index is 6.46. The lowest BCUT2D eigenvalue weighted by Crippen LogP contribution is -2.47. The van der Waals surface area contributed by atoms with E-state index in [0.717, 1.165) is 59.4 Å². The summed E-state index contributed by atoms with van der Waals surface area (Å²) in [6.45, 7) is 5.58. The molecule has 0 atom stereocenters. The summed E-state index contributed by atoms with van der Waals surface area (Å²) in [5.41, 5.74) is 2.56. The molecule has 0 aliphatic carbocycles. The number of aromatic nitrogens is 4. The van der Waals surface area contributed by atoms with Crippen LogP contribution in [0.3, 0.4) is 0 Å². The van der Waals surface area contributed by atoms with E-state index in [1.54, 1.807) is 11.3 Å². The molecule has 1 aliphatic heterocycles. The van der Waals surface area contributed by atoms with E-state index in [-0.39, 0.29) is 0 Å². The third kappa shape index (κ3) is 2.42. The molecular formula is C18H17ClN6S. The van der Waals surface area contributed by atoms with Crippen molar-refractivity contribution in [1.29, 1.82) is 0 Å². The SMILES string of the molecule is Cc1nn2c(nc(N3CCN(c4nccs4)CC3)c3ccccc32)c1Cl. The van der Waals surface area contributed by atoms with E-state index < -0.39 is 0 Å². The summed E-state index contributed by atoms with van der Waals surface area (Å²) >= 11 is 8.15. The fraction of sp³-hybridized carbons (Fsp3) is 0.278. The maximum Gasteiger partial charge on any atom is 0.185 e. The second kappa shape index (κ2) is 6.10. The van der Waals surface area contributed by atoms with E-state index in [1.807, 2.05) is 35.1 Å². The fourth-order valence-corrected chi connectivity index (χ4v) is 4.35. The molecule has 1 saturated heterocycles. The molecule has 26 heavy (non-hydrogen) atoms. The van der Waals surface area contributed by atoms with Gasteiger partial charge in [0.05, 0.1) is 11.2 Å². The van der Waals surface area contributed by atoms with Gasteiger partial charge in [0.15, 0.2) is 10.8 Å². The molecule has 1 fully saturated rings. The summed E-state index contributed by atoms with van der Waals surface area (Å²) in [6.07, 6.45) is 1.86. The Labute approximate surface area is 159 Å². The molecule has 132 valence electrons. The van der Waals surface area contributed by atoms with Crippen LogP contribution in [0.5, 0.6) is 0 Å². The Morgan fingerprint density at radius 3 is 2.62 bits per heavy atom. The van der Waals surface area contributed by atoms with Crippen LogP contribution < -0.4 is 9.80 Å². The topological polar surface area (TPSA) is 49.6 Å². The summed E-state index contributed by atoms with van der Waals surface area (Å²) in [7, 11) is 0. The number of hydrogen-bond donors (Lipinski definition) is 0. The second-order valence-corrected chi connectivity index (χ2v) is 7.63. The first-order valence-electron chi connectivity index (χ1n) is 8.55. The number of fused-ring (bicyclic) bond motifs is 3. The van der Waals surface area contributed by atoms with Crippen LogP contribution in [-0.2, 0) is 0 Å². The standard InChI is InChI=1S/C18H17ClN6S/c1-12-15(19)17-21-16(13-4-2-3-5-14(13)25(17)22-12)23-7-9-24(10-8-23)18-20-6-11-26-18/h2-6,11H,7-10H2,1H3. The average Bonchev–Trinajstić information content (AvgIpc) is 3.31. The Kier molecular flexibility index (Phi) is 3.72. The van der Waals surface area contributed by atoms with E-state index >= 15 is 0 Å². The molecule has 0 unspecified atom stereocenters.